The minimum Gasteiger partial charge on any atom is -0.467 e. The number of H-pyrrole nitrogens is 1. The molecule has 0 aromatic carbocycles. The Morgan fingerprint density at radius 1 is 1.39 bits per heavy atom. The Balaban J connectivity index is 2.85. The van der Waals surface area contributed by atoms with Crippen molar-refractivity contribution in [1.29, 1.82) is 0 Å². The summed E-state index contributed by atoms with van der Waals surface area (Å²) in [7, 11) is 1.26. The summed E-state index contributed by atoms with van der Waals surface area (Å²) < 4.78 is 4.61. The van der Waals surface area contributed by atoms with Crippen molar-refractivity contribution in [3.05, 3.63) is 34.2 Å². The maximum absolute atomic E-state index is 11.9. The number of hydrogen-bond acceptors (Lipinski definition) is 4. The molecule has 0 bridgehead atoms. The fourth-order valence-electron chi connectivity index (χ4n) is 1.44. The van der Waals surface area contributed by atoms with Gasteiger partial charge in [0.15, 0.2) is 0 Å². The number of methoxy groups -OCH3 is 1. The number of carbonyl (C=O) groups is 2. The Hall–Kier alpha value is -2.11. The molecular weight excluding hydrogens is 236 g/mol. The molecule has 0 aliphatic carbocycles. The van der Waals surface area contributed by atoms with Crippen molar-refractivity contribution in [3.8, 4) is 0 Å². The van der Waals surface area contributed by atoms with Crippen LogP contribution in [0.1, 0.15) is 24.2 Å². The van der Waals surface area contributed by atoms with Crippen LogP contribution in [0.5, 0.6) is 0 Å². The molecule has 2 N–H and O–H groups in total. The van der Waals surface area contributed by atoms with E-state index in [9.17, 15) is 14.4 Å². The standard InChI is InChI=1S/C12H16N2O4/c1-7(2)10(12(17)18-3)14-11(16)8-4-5-13-9(15)6-8/h4-7,10H,1-3H3,(H,13,15)(H,14,16). The van der Waals surface area contributed by atoms with E-state index in [0.29, 0.717) is 0 Å². The molecule has 0 saturated carbocycles. The highest BCUT2D eigenvalue weighted by Gasteiger charge is 2.25. The van der Waals surface area contributed by atoms with Gasteiger partial charge in [-0.15, -0.1) is 0 Å². The Morgan fingerprint density at radius 3 is 2.56 bits per heavy atom. The molecule has 18 heavy (non-hydrogen) atoms. The third kappa shape index (κ3) is 3.44. The van der Waals surface area contributed by atoms with Crippen molar-refractivity contribution in [2.45, 2.75) is 19.9 Å². The zero-order valence-corrected chi connectivity index (χ0v) is 10.5. The highest BCUT2D eigenvalue weighted by Crippen LogP contribution is 2.05. The van der Waals surface area contributed by atoms with E-state index in [1.165, 1.54) is 25.4 Å². The highest BCUT2D eigenvalue weighted by molar-refractivity contribution is 5.96. The fraction of sp³-hybridized carbons (Fsp3) is 0.417. The van der Waals surface area contributed by atoms with Gasteiger partial charge in [0.1, 0.15) is 6.04 Å². The summed E-state index contributed by atoms with van der Waals surface area (Å²) in [5.41, 5.74) is -0.171. The van der Waals surface area contributed by atoms with E-state index in [4.69, 9.17) is 0 Å². The molecule has 0 aliphatic heterocycles. The molecule has 1 amide bonds. The van der Waals surface area contributed by atoms with Gasteiger partial charge in [0.05, 0.1) is 7.11 Å². The first-order chi connectivity index (χ1) is 8.45. The number of ether oxygens (including phenoxy) is 1. The van der Waals surface area contributed by atoms with Gasteiger partial charge in [-0.25, -0.2) is 4.79 Å². The van der Waals surface area contributed by atoms with Gasteiger partial charge in [0.2, 0.25) is 5.56 Å². The van der Waals surface area contributed by atoms with Crippen molar-refractivity contribution in [1.82, 2.24) is 10.3 Å². The topological polar surface area (TPSA) is 88.3 Å². The first-order valence-corrected chi connectivity index (χ1v) is 5.53. The van der Waals surface area contributed by atoms with Crippen molar-refractivity contribution < 1.29 is 14.3 Å². The van der Waals surface area contributed by atoms with Gasteiger partial charge in [-0.05, 0) is 12.0 Å². The number of amides is 1. The summed E-state index contributed by atoms with van der Waals surface area (Å²) in [5, 5.41) is 2.54. The normalized spacial score (nSPS) is 12.0. The molecule has 0 spiro atoms. The van der Waals surface area contributed by atoms with Crippen molar-refractivity contribution >= 4 is 11.9 Å². The van der Waals surface area contributed by atoms with Gasteiger partial charge in [-0.2, -0.15) is 0 Å². The summed E-state index contributed by atoms with van der Waals surface area (Å²) in [6.45, 7) is 3.58. The van der Waals surface area contributed by atoms with E-state index in [1.54, 1.807) is 13.8 Å². The van der Waals surface area contributed by atoms with E-state index in [2.05, 4.69) is 15.0 Å². The highest BCUT2D eigenvalue weighted by atomic mass is 16.5. The lowest BCUT2D eigenvalue weighted by molar-refractivity contribution is -0.144. The first-order valence-electron chi connectivity index (χ1n) is 5.53. The van der Waals surface area contributed by atoms with Crippen LogP contribution >= 0.6 is 0 Å². The average Bonchev–Trinajstić information content (AvgIpc) is 2.34. The second-order valence-electron chi connectivity index (χ2n) is 4.16. The second-order valence-corrected chi connectivity index (χ2v) is 4.16. The molecule has 1 rings (SSSR count). The summed E-state index contributed by atoms with van der Waals surface area (Å²) in [4.78, 5) is 36.8. The van der Waals surface area contributed by atoms with Crippen LogP contribution < -0.4 is 10.9 Å². The molecule has 1 unspecified atom stereocenters. The number of aromatic amines is 1. The summed E-state index contributed by atoms with van der Waals surface area (Å²) in [6, 6.07) is 1.90. The number of rotatable bonds is 4. The Labute approximate surface area is 104 Å². The van der Waals surface area contributed by atoms with Gasteiger partial charge in [0, 0.05) is 17.8 Å². The molecule has 1 aromatic rings. The number of hydrogen-bond donors (Lipinski definition) is 2. The minimum absolute atomic E-state index is 0.108. The molecule has 0 fully saturated rings. The quantitative estimate of drug-likeness (QED) is 0.754. The van der Waals surface area contributed by atoms with E-state index in [0.717, 1.165) is 0 Å². The Bertz CT molecular complexity index is 493. The number of pyridine rings is 1. The maximum atomic E-state index is 11.9. The largest absolute Gasteiger partial charge is 0.467 e. The van der Waals surface area contributed by atoms with Crippen LogP contribution in [-0.4, -0.2) is 30.0 Å². The van der Waals surface area contributed by atoms with Crippen molar-refractivity contribution in [3.63, 3.8) is 0 Å². The van der Waals surface area contributed by atoms with Crippen molar-refractivity contribution in [2.75, 3.05) is 7.11 Å². The Kier molecular flexibility index (Phi) is 4.65. The number of carbonyl (C=O) groups excluding carboxylic acids is 2. The predicted octanol–water partition coefficient (Wildman–Crippen LogP) is 0.302. The number of esters is 1. The van der Waals surface area contributed by atoms with Crippen LogP contribution in [0.15, 0.2) is 23.1 Å². The predicted molar refractivity (Wildman–Crippen MR) is 65.2 cm³/mol. The summed E-state index contributed by atoms with van der Waals surface area (Å²) >= 11 is 0. The zero-order valence-electron chi connectivity index (χ0n) is 10.5. The smallest absolute Gasteiger partial charge is 0.328 e. The van der Waals surface area contributed by atoms with Crippen molar-refractivity contribution in [2.24, 2.45) is 5.92 Å². The molecule has 1 aromatic heterocycles. The fourth-order valence-corrected chi connectivity index (χ4v) is 1.44. The molecule has 1 heterocycles. The molecule has 1 atom stereocenters. The lowest BCUT2D eigenvalue weighted by Crippen LogP contribution is -2.45. The molecule has 98 valence electrons. The number of aromatic nitrogens is 1. The lowest BCUT2D eigenvalue weighted by atomic mass is 10.0. The van der Waals surface area contributed by atoms with Crippen LogP contribution in [0.25, 0.3) is 0 Å². The van der Waals surface area contributed by atoms with E-state index in [1.807, 2.05) is 0 Å². The van der Waals surface area contributed by atoms with Gasteiger partial charge in [-0.1, -0.05) is 13.8 Å². The second kappa shape index (κ2) is 6.00. The van der Waals surface area contributed by atoms with Crippen LogP contribution in [0.4, 0.5) is 0 Å². The SMILES string of the molecule is COC(=O)C(NC(=O)c1cc[nH]c(=O)c1)C(C)C. The number of nitrogens with one attached hydrogen (secondary N) is 2. The van der Waals surface area contributed by atoms with E-state index in [-0.39, 0.29) is 17.0 Å². The van der Waals surface area contributed by atoms with Gasteiger partial charge < -0.3 is 15.0 Å². The molecule has 0 radical (unpaired) electrons. The van der Waals surface area contributed by atoms with E-state index >= 15 is 0 Å². The van der Waals surface area contributed by atoms with Gasteiger partial charge >= 0.3 is 5.97 Å². The third-order valence-electron chi connectivity index (χ3n) is 2.45. The van der Waals surface area contributed by atoms with Gasteiger partial charge in [0.25, 0.3) is 5.91 Å². The minimum atomic E-state index is -0.734. The van der Waals surface area contributed by atoms with E-state index < -0.39 is 17.9 Å². The molecule has 0 aliphatic rings. The Morgan fingerprint density at radius 2 is 2.06 bits per heavy atom. The zero-order chi connectivity index (χ0) is 13.7. The first kappa shape index (κ1) is 14.0. The maximum Gasteiger partial charge on any atom is 0.328 e. The monoisotopic (exact) mass is 252 g/mol. The lowest BCUT2D eigenvalue weighted by Gasteiger charge is -2.19. The molecule has 0 saturated heterocycles. The average molecular weight is 252 g/mol. The molecular formula is C12H16N2O4. The summed E-state index contributed by atoms with van der Waals surface area (Å²) in [6.07, 6.45) is 1.37. The van der Waals surface area contributed by atoms with Crippen LogP contribution in [0, 0.1) is 5.92 Å². The molecule has 6 heteroatoms. The van der Waals surface area contributed by atoms with Crippen LogP contribution in [0.2, 0.25) is 0 Å². The molecule has 6 nitrogen and oxygen atoms in total. The summed E-state index contributed by atoms with van der Waals surface area (Å²) in [5.74, 6) is -1.10. The van der Waals surface area contributed by atoms with Crippen LogP contribution in [-0.2, 0) is 9.53 Å². The third-order valence-corrected chi connectivity index (χ3v) is 2.45. The van der Waals surface area contributed by atoms with Crippen LogP contribution in [0.3, 0.4) is 0 Å². The van der Waals surface area contributed by atoms with Gasteiger partial charge in [-0.3, -0.25) is 9.59 Å².